The molecule has 292 valence electrons. The zero-order valence-corrected chi connectivity index (χ0v) is 52.6. The van der Waals surface area contributed by atoms with E-state index in [1.54, 1.807) is 13.0 Å². The number of carbonyl (C=O) groups excluding carboxylic acids is 3. The summed E-state index contributed by atoms with van der Waals surface area (Å²) >= 11 is 14.5. The zero-order chi connectivity index (χ0) is 41.6. The molecule has 5 aromatic heterocycles. The molecule has 0 saturated heterocycles. The minimum Gasteiger partial charge on any atom is -0.844 e. The van der Waals surface area contributed by atoms with E-state index >= 15 is 0 Å². The first-order valence-corrected chi connectivity index (χ1v) is 18.1. The molecule has 63 heavy (non-hydrogen) atoms. The van der Waals surface area contributed by atoms with Crippen molar-refractivity contribution in [2.75, 3.05) is 11.5 Å². The van der Waals surface area contributed by atoms with Crippen LogP contribution in [0.5, 0.6) is 6.01 Å². The SMILES string of the molecule is Cc1nn(-c2nc([O-])nc(-n3nc(C)c(N=Nc4sc(-c5ccc(C(=O)[O-])c(C(=O)[O-])c5)nc4Cl)c3N)n2)c(N)c1N=Nc1sc(-c2cc[c-]c(C(=O)[O-])c2)nc1Cl.[K+].[K+].[K+].[K+].[K+]. The number of anilines is 2. The van der Waals surface area contributed by atoms with Gasteiger partial charge in [-0.15, -0.1) is 50.3 Å². The van der Waals surface area contributed by atoms with Crippen LogP contribution < -0.4 is 289 Å². The van der Waals surface area contributed by atoms with E-state index in [-0.39, 0.29) is 340 Å². The van der Waals surface area contributed by atoms with Crippen LogP contribution in [-0.2, 0) is 0 Å². The van der Waals surface area contributed by atoms with Crippen molar-refractivity contribution in [3.05, 3.63) is 80.8 Å². The standard InChI is InChI=1S/C32H20Cl2N15O7S2.5K/c1-10-17(42-44-25-19(33)37-23(57-25)12-4-3-5-14(8-12)27(50)51)21(35)48(46-10)30-39-31(41-32(56)40-30)49-22(36)18(11(2)47-49)43-45-26-20(34)38-24(58-26)13-6-7-15(28(52)53)16(9-13)29(54)55;;;;;/h3-4,6-9H,35-36H2,1-2H3,(H,50,51)(H,52,53)(H,54,55)(H,39,40,41,56);;;;;/q-1;5*+1/p-4. The molecular formula is C32H16Cl2K5N15O7S2. The number of aromatic carboxylic acids is 3. The number of hydrogen-bond donors (Lipinski definition) is 2. The molecule has 7 aromatic rings. The molecule has 4 N–H and O–H groups in total. The van der Waals surface area contributed by atoms with Gasteiger partial charge in [-0.25, -0.2) is 19.9 Å². The summed E-state index contributed by atoms with van der Waals surface area (Å²) in [6.07, 6.45) is 0. The van der Waals surface area contributed by atoms with Gasteiger partial charge in [0, 0.05) is 16.7 Å². The van der Waals surface area contributed by atoms with Gasteiger partial charge in [0.25, 0.3) is 11.9 Å². The largest absolute Gasteiger partial charge is 1.00 e. The summed E-state index contributed by atoms with van der Waals surface area (Å²) in [5.74, 6) is -5.77. The number of aromatic nitrogens is 9. The van der Waals surface area contributed by atoms with Gasteiger partial charge in [0.1, 0.15) is 10.0 Å². The van der Waals surface area contributed by atoms with Crippen LogP contribution in [0.4, 0.5) is 33.0 Å². The third kappa shape index (κ3) is 13.8. The number of hydrogen-bond acceptors (Lipinski definition) is 22. The van der Waals surface area contributed by atoms with Gasteiger partial charge in [0.2, 0.25) is 0 Å². The first kappa shape index (κ1) is 60.0. The number of aryl methyl sites for hydroxylation is 2. The summed E-state index contributed by atoms with van der Waals surface area (Å²) in [5, 5.41) is 72.6. The number of azo groups is 2. The summed E-state index contributed by atoms with van der Waals surface area (Å²) < 4.78 is 2.03. The van der Waals surface area contributed by atoms with Crippen LogP contribution in [0.1, 0.15) is 42.5 Å². The Morgan fingerprint density at radius 1 is 0.651 bits per heavy atom. The van der Waals surface area contributed by atoms with Crippen LogP contribution in [-0.4, -0.2) is 62.4 Å². The Kier molecular flexibility index (Phi) is 25.0. The van der Waals surface area contributed by atoms with Gasteiger partial charge in [-0.1, -0.05) is 63.6 Å². The summed E-state index contributed by atoms with van der Waals surface area (Å²) in [5.41, 5.74) is 12.6. The fourth-order valence-corrected chi connectivity index (χ4v) is 7.17. The van der Waals surface area contributed by atoms with Crippen molar-refractivity contribution in [3.8, 4) is 39.0 Å². The van der Waals surface area contributed by atoms with E-state index in [0.717, 1.165) is 44.2 Å². The average Bonchev–Trinajstić information content (AvgIpc) is 3.91. The molecule has 0 bridgehead atoms. The maximum absolute atomic E-state index is 12.7. The Morgan fingerprint density at radius 3 is 1.56 bits per heavy atom. The van der Waals surface area contributed by atoms with Gasteiger partial charge in [-0.2, -0.15) is 24.5 Å². The minimum absolute atomic E-state index is 0. The summed E-state index contributed by atoms with van der Waals surface area (Å²) in [7, 11) is 0. The van der Waals surface area contributed by atoms with Gasteiger partial charge in [-0.3, -0.25) is 0 Å². The Labute approximate surface area is 585 Å². The van der Waals surface area contributed by atoms with E-state index < -0.39 is 35.0 Å². The molecule has 5 heterocycles. The van der Waals surface area contributed by atoms with Crippen LogP contribution in [0.3, 0.4) is 0 Å². The third-order valence-corrected chi connectivity index (χ3v) is 10.4. The number of benzene rings is 2. The first-order valence-electron chi connectivity index (χ1n) is 15.7. The molecule has 2 aromatic carbocycles. The summed E-state index contributed by atoms with van der Waals surface area (Å²) in [6.45, 7) is 3.10. The smallest absolute Gasteiger partial charge is 0.844 e. The van der Waals surface area contributed by atoms with Gasteiger partial charge >= 0.3 is 257 Å². The van der Waals surface area contributed by atoms with Crippen LogP contribution >= 0.6 is 45.9 Å². The van der Waals surface area contributed by atoms with E-state index in [1.165, 1.54) is 25.1 Å². The number of halogens is 2. The Hall–Kier alpha value is 0.902. The molecule has 31 heteroatoms. The fraction of sp³-hybridized carbons (Fsp3) is 0.0625. The van der Waals surface area contributed by atoms with Crippen molar-refractivity contribution in [2.45, 2.75) is 13.8 Å². The van der Waals surface area contributed by atoms with Crippen LogP contribution in [0.2, 0.25) is 10.3 Å². The molecule has 0 spiro atoms. The molecular weight excluding hydrogens is 1040 g/mol. The number of thiazole rings is 2. The number of nitrogens with zero attached hydrogens (tertiary/aromatic N) is 13. The number of carboxylic acid groups (broad SMARTS) is 3. The summed E-state index contributed by atoms with van der Waals surface area (Å²) in [4.78, 5) is 54.4. The quantitative estimate of drug-likeness (QED) is 0.0690. The van der Waals surface area contributed by atoms with E-state index in [1.807, 2.05) is 0 Å². The second-order valence-corrected chi connectivity index (χ2v) is 14.1. The van der Waals surface area contributed by atoms with Gasteiger partial charge in [0.15, 0.2) is 43.3 Å². The first-order chi connectivity index (χ1) is 27.6. The molecule has 0 aliphatic rings. The van der Waals surface area contributed by atoms with Crippen LogP contribution in [0, 0.1) is 19.9 Å². The van der Waals surface area contributed by atoms with Crippen molar-refractivity contribution in [1.82, 2.24) is 44.5 Å². The molecule has 0 amide bonds. The molecule has 7 rings (SSSR count). The number of nitrogen functional groups attached to an aromatic ring is 2. The predicted molar refractivity (Wildman–Crippen MR) is 197 cm³/mol. The van der Waals surface area contributed by atoms with E-state index in [0.29, 0.717) is 10.6 Å². The van der Waals surface area contributed by atoms with Gasteiger partial charge in [-0.05, 0) is 25.9 Å². The molecule has 22 nitrogen and oxygen atoms in total. The van der Waals surface area contributed by atoms with E-state index in [4.69, 9.17) is 34.7 Å². The van der Waals surface area contributed by atoms with Gasteiger partial charge < -0.3 is 46.3 Å². The maximum atomic E-state index is 12.7. The normalized spacial score (nSPS) is 10.7. The van der Waals surface area contributed by atoms with Crippen molar-refractivity contribution in [1.29, 1.82) is 0 Å². The number of carbonyl (C=O) groups is 3. The second kappa shape index (κ2) is 26.2. The Morgan fingerprint density at radius 2 is 1.11 bits per heavy atom. The van der Waals surface area contributed by atoms with Crippen molar-refractivity contribution in [2.24, 2.45) is 20.5 Å². The van der Waals surface area contributed by atoms with Crippen LogP contribution in [0.25, 0.3) is 33.0 Å². The number of carboxylic acids is 3. The van der Waals surface area contributed by atoms with E-state index in [2.05, 4.69) is 61.6 Å². The van der Waals surface area contributed by atoms with Crippen molar-refractivity contribution >= 4 is 96.8 Å². The minimum atomic E-state index is -1.73. The Bertz CT molecular complexity index is 2930. The van der Waals surface area contributed by atoms with Crippen molar-refractivity contribution < 1.29 is 292 Å². The molecule has 0 saturated carbocycles. The molecule has 0 fully saturated rings. The second-order valence-electron chi connectivity index (χ2n) is 11.4. The maximum Gasteiger partial charge on any atom is 1.00 e. The fourth-order valence-electron chi connectivity index (χ4n) is 5.04. The predicted octanol–water partition coefficient (Wildman–Crippen LogP) is -12.6. The molecule has 0 unspecified atom stereocenters. The van der Waals surface area contributed by atoms with Crippen LogP contribution in [0.15, 0.2) is 56.9 Å². The summed E-state index contributed by atoms with van der Waals surface area (Å²) in [6, 6.07) is 9.29. The molecule has 0 aliphatic carbocycles. The number of nitrogens with two attached hydrogens (primary N) is 2. The van der Waals surface area contributed by atoms with Gasteiger partial charge in [0.05, 0.1) is 29.3 Å². The topological polar surface area (TPSA) is 345 Å². The van der Waals surface area contributed by atoms with Crippen molar-refractivity contribution in [3.63, 3.8) is 0 Å². The van der Waals surface area contributed by atoms with E-state index in [9.17, 15) is 34.8 Å². The molecule has 0 atom stereocenters. The third-order valence-electron chi connectivity index (χ3n) is 7.69. The Balaban J connectivity index is 0.00000273. The average molecular weight is 1050 g/mol. The number of rotatable bonds is 11. The monoisotopic (exact) mass is 1050 g/mol. The molecule has 0 radical (unpaired) electrons. The molecule has 0 aliphatic heterocycles. The zero-order valence-electron chi connectivity index (χ0n) is 33.9.